The molecule has 0 saturated heterocycles. The Balaban J connectivity index is 1.50. The number of ketones is 1. The molecule has 0 aliphatic carbocycles. The summed E-state index contributed by atoms with van der Waals surface area (Å²) in [6.07, 6.45) is 1.69. The number of rotatable bonds is 7. The molecule has 0 aliphatic rings. The van der Waals surface area contributed by atoms with Crippen molar-refractivity contribution in [2.75, 3.05) is 20.8 Å². The number of benzene rings is 2. The van der Waals surface area contributed by atoms with Crippen molar-refractivity contribution in [1.29, 1.82) is 0 Å². The maximum Gasteiger partial charge on any atom is 0.251 e. The zero-order chi connectivity index (χ0) is 22.8. The van der Waals surface area contributed by atoms with Crippen LogP contribution in [0, 0.1) is 6.92 Å². The fourth-order valence-electron chi connectivity index (χ4n) is 3.56. The number of carbonyl (C=O) groups excluding carboxylic acids is 2. The highest BCUT2D eigenvalue weighted by Crippen LogP contribution is 2.35. The summed E-state index contributed by atoms with van der Waals surface area (Å²) in [5, 5.41) is 5.83. The topological polar surface area (TPSA) is 82.5 Å². The van der Waals surface area contributed by atoms with Crippen LogP contribution in [0.2, 0.25) is 0 Å². The SMILES string of the molecule is COc1ccc(C(=O)NCC(=O)c2cn(C)c(-c3csc4c(C)cccc34)n2)cc1OC. The van der Waals surface area contributed by atoms with Crippen LogP contribution in [0.3, 0.4) is 0 Å². The van der Waals surface area contributed by atoms with Gasteiger partial charge in [-0.15, -0.1) is 11.3 Å². The van der Waals surface area contributed by atoms with Gasteiger partial charge >= 0.3 is 0 Å². The summed E-state index contributed by atoms with van der Waals surface area (Å²) >= 11 is 1.66. The molecule has 0 bridgehead atoms. The van der Waals surface area contributed by atoms with Crippen molar-refractivity contribution in [1.82, 2.24) is 14.9 Å². The van der Waals surface area contributed by atoms with Crippen LogP contribution < -0.4 is 14.8 Å². The van der Waals surface area contributed by atoms with Gasteiger partial charge in [0.1, 0.15) is 11.5 Å². The monoisotopic (exact) mass is 449 g/mol. The van der Waals surface area contributed by atoms with Crippen LogP contribution in [0.25, 0.3) is 21.5 Å². The summed E-state index contributed by atoms with van der Waals surface area (Å²) in [6.45, 7) is 1.92. The standard InChI is InChI=1S/C24H23N3O4S/c1-14-6-5-7-16-17(13-32-22(14)16)23-26-18(12-27(23)2)19(28)11-25-24(29)15-8-9-20(30-3)21(10-15)31-4/h5-10,12-13H,11H2,1-4H3,(H,25,29). The second kappa shape index (κ2) is 8.84. The van der Waals surface area contributed by atoms with Gasteiger partial charge in [-0.3, -0.25) is 9.59 Å². The molecule has 0 atom stereocenters. The number of hydrogen-bond donors (Lipinski definition) is 1. The van der Waals surface area contributed by atoms with Gasteiger partial charge in [0.2, 0.25) is 5.78 Å². The van der Waals surface area contributed by atoms with E-state index in [0.717, 1.165) is 16.8 Å². The Hall–Kier alpha value is -3.65. The molecular weight excluding hydrogens is 426 g/mol. The molecule has 0 saturated carbocycles. The Morgan fingerprint density at radius 2 is 1.91 bits per heavy atom. The van der Waals surface area contributed by atoms with E-state index in [0.29, 0.717) is 22.8 Å². The molecule has 2 aromatic carbocycles. The highest BCUT2D eigenvalue weighted by Gasteiger charge is 2.18. The molecular formula is C24H23N3O4S. The highest BCUT2D eigenvalue weighted by molar-refractivity contribution is 7.18. The number of aromatic nitrogens is 2. The summed E-state index contributed by atoms with van der Waals surface area (Å²) in [6, 6.07) is 11.0. The van der Waals surface area contributed by atoms with Gasteiger partial charge in [0, 0.05) is 39.8 Å². The minimum absolute atomic E-state index is 0.160. The van der Waals surface area contributed by atoms with Crippen molar-refractivity contribution < 1.29 is 19.1 Å². The average molecular weight is 450 g/mol. The van der Waals surface area contributed by atoms with E-state index in [2.05, 4.69) is 34.7 Å². The zero-order valence-corrected chi connectivity index (χ0v) is 19.1. The number of nitrogens with zero attached hydrogens (tertiary/aromatic N) is 2. The molecule has 7 nitrogen and oxygen atoms in total. The van der Waals surface area contributed by atoms with E-state index < -0.39 is 0 Å². The fourth-order valence-corrected chi connectivity index (χ4v) is 4.58. The molecule has 4 rings (SSSR count). The van der Waals surface area contributed by atoms with Crippen LogP contribution in [0.15, 0.2) is 48.0 Å². The summed E-state index contributed by atoms with van der Waals surface area (Å²) in [7, 11) is 4.89. The molecule has 0 radical (unpaired) electrons. The van der Waals surface area contributed by atoms with E-state index in [1.807, 2.05) is 17.7 Å². The summed E-state index contributed by atoms with van der Waals surface area (Å²) in [5.41, 5.74) is 2.88. The zero-order valence-electron chi connectivity index (χ0n) is 18.3. The lowest BCUT2D eigenvalue weighted by molar-refractivity contribution is 0.0902. The predicted molar refractivity (Wildman–Crippen MR) is 125 cm³/mol. The Labute approximate surface area is 189 Å². The molecule has 4 aromatic rings. The third kappa shape index (κ3) is 3.97. The lowest BCUT2D eigenvalue weighted by Crippen LogP contribution is -2.29. The van der Waals surface area contributed by atoms with Gasteiger partial charge < -0.3 is 19.4 Å². The Morgan fingerprint density at radius 3 is 2.66 bits per heavy atom. The van der Waals surface area contributed by atoms with Crippen molar-refractivity contribution >= 4 is 33.1 Å². The smallest absolute Gasteiger partial charge is 0.251 e. The molecule has 2 aromatic heterocycles. The van der Waals surface area contributed by atoms with Crippen LogP contribution in [-0.2, 0) is 7.05 Å². The van der Waals surface area contributed by atoms with Gasteiger partial charge in [0.05, 0.1) is 20.8 Å². The molecule has 8 heteroatoms. The number of imidazole rings is 1. The predicted octanol–water partition coefficient (Wildman–Crippen LogP) is 4.24. The van der Waals surface area contributed by atoms with Crippen LogP contribution >= 0.6 is 11.3 Å². The molecule has 2 heterocycles. The largest absolute Gasteiger partial charge is 0.493 e. The van der Waals surface area contributed by atoms with E-state index in [9.17, 15) is 9.59 Å². The lowest BCUT2D eigenvalue weighted by atomic mass is 10.1. The van der Waals surface area contributed by atoms with Gasteiger partial charge in [-0.2, -0.15) is 0 Å². The molecule has 32 heavy (non-hydrogen) atoms. The first kappa shape index (κ1) is 21.6. The van der Waals surface area contributed by atoms with E-state index >= 15 is 0 Å². The number of amides is 1. The molecule has 0 spiro atoms. The van der Waals surface area contributed by atoms with Gasteiger partial charge in [-0.05, 0) is 30.7 Å². The molecule has 1 N–H and O–H groups in total. The Kier molecular flexibility index (Phi) is 5.96. The van der Waals surface area contributed by atoms with Gasteiger partial charge in [-0.25, -0.2) is 4.98 Å². The van der Waals surface area contributed by atoms with Crippen molar-refractivity contribution in [3.63, 3.8) is 0 Å². The Bertz CT molecular complexity index is 1320. The van der Waals surface area contributed by atoms with E-state index in [4.69, 9.17) is 9.47 Å². The normalized spacial score (nSPS) is 10.9. The summed E-state index contributed by atoms with van der Waals surface area (Å²) < 4.78 is 13.5. The minimum Gasteiger partial charge on any atom is -0.493 e. The number of ether oxygens (including phenoxy) is 2. The van der Waals surface area contributed by atoms with E-state index in [1.165, 1.54) is 24.5 Å². The number of carbonyl (C=O) groups is 2. The van der Waals surface area contributed by atoms with Gasteiger partial charge in [0.15, 0.2) is 11.5 Å². The molecule has 0 unspecified atom stereocenters. The minimum atomic E-state index is -0.380. The molecule has 0 fully saturated rings. The number of hydrogen-bond acceptors (Lipinski definition) is 6. The quantitative estimate of drug-likeness (QED) is 0.427. The highest BCUT2D eigenvalue weighted by atomic mass is 32.1. The molecule has 0 aliphatic heterocycles. The lowest BCUT2D eigenvalue weighted by Gasteiger charge is -2.09. The van der Waals surface area contributed by atoms with Gasteiger partial charge in [-0.1, -0.05) is 18.2 Å². The first-order valence-corrected chi connectivity index (χ1v) is 10.8. The summed E-state index contributed by atoms with van der Waals surface area (Å²) in [4.78, 5) is 29.8. The van der Waals surface area contributed by atoms with Crippen LogP contribution in [-0.4, -0.2) is 42.0 Å². The second-order valence-corrected chi connectivity index (χ2v) is 8.22. The third-order valence-electron chi connectivity index (χ3n) is 5.25. The van der Waals surface area contributed by atoms with Crippen LogP contribution in [0.5, 0.6) is 11.5 Å². The van der Waals surface area contributed by atoms with E-state index in [-0.39, 0.29) is 18.2 Å². The Morgan fingerprint density at radius 1 is 1.12 bits per heavy atom. The van der Waals surface area contributed by atoms with Crippen molar-refractivity contribution in [3.05, 3.63) is 64.8 Å². The fraction of sp³-hybridized carbons (Fsp3) is 0.208. The maximum atomic E-state index is 12.7. The number of nitrogens with one attached hydrogen (secondary N) is 1. The number of thiophene rings is 1. The number of Topliss-reactive ketones (excluding diaryl/α,β-unsaturated/α-hetero) is 1. The first-order valence-electron chi connectivity index (χ1n) is 9.97. The number of fused-ring (bicyclic) bond motifs is 1. The number of aryl methyl sites for hydroxylation is 2. The average Bonchev–Trinajstić information content (AvgIpc) is 3.40. The molecule has 1 amide bonds. The summed E-state index contributed by atoms with van der Waals surface area (Å²) in [5.74, 6) is 1.04. The first-order chi connectivity index (χ1) is 15.4. The third-order valence-corrected chi connectivity index (χ3v) is 6.39. The number of methoxy groups -OCH3 is 2. The van der Waals surface area contributed by atoms with Gasteiger partial charge in [0.25, 0.3) is 5.91 Å². The van der Waals surface area contributed by atoms with Crippen LogP contribution in [0.4, 0.5) is 0 Å². The van der Waals surface area contributed by atoms with Crippen LogP contribution in [0.1, 0.15) is 26.4 Å². The van der Waals surface area contributed by atoms with E-state index in [1.54, 1.807) is 35.7 Å². The van der Waals surface area contributed by atoms with Crippen molar-refractivity contribution in [2.45, 2.75) is 6.92 Å². The second-order valence-electron chi connectivity index (χ2n) is 7.34. The molecule has 164 valence electrons. The van der Waals surface area contributed by atoms with Crippen molar-refractivity contribution in [3.8, 4) is 22.9 Å². The van der Waals surface area contributed by atoms with Crippen molar-refractivity contribution in [2.24, 2.45) is 7.05 Å². The maximum absolute atomic E-state index is 12.7.